The molecule has 1 aromatic carbocycles. The maximum absolute atomic E-state index is 12.1. The lowest BCUT2D eigenvalue weighted by molar-refractivity contribution is 0.104. The molecule has 0 spiro atoms. The van der Waals surface area contributed by atoms with E-state index < -0.39 is 11.4 Å². The molecule has 0 aliphatic carbocycles. The number of H-pyrrole nitrogens is 1. The van der Waals surface area contributed by atoms with Gasteiger partial charge >= 0.3 is 5.63 Å². The topological polar surface area (TPSA) is 83.3 Å². The van der Waals surface area contributed by atoms with E-state index in [0.29, 0.717) is 0 Å². The van der Waals surface area contributed by atoms with E-state index in [9.17, 15) is 14.7 Å². The van der Waals surface area contributed by atoms with Crippen molar-refractivity contribution in [2.24, 2.45) is 0 Å². The Morgan fingerprint density at radius 2 is 2.14 bits per heavy atom. The fourth-order valence-electron chi connectivity index (χ4n) is 2.33. The third-order valence-corrected chi connectivity index (χ3v) is 3.34. The Hall–Kier alpha value is -3.08. The summed E-state index contributed by atoms with van der Waals surface area (Å²) in [7, 11) is 0. The summed E-state index contributed by atoms with van der Waals surface area (Å²) in [6.45, 7) is 1.53. The molecule has 0 aliphatic heterocycles. The zero-order valence-electron chi connectivity index (χ0n) is 11.8. The molecular weight excluding hydrogens is 282 g/mol. The number of allylic oxidation sites excluding steroid dienone is 1. The van der Waals surface area contributed by atoms with Crippen molar-refractivity contribution in [2.45, 2.75) is 6.92 Å². The average molecular weight is 295 g/mol. The van der Waals surface area contributed by atoms with Crippen LogP contribution in [0.1, 0.15) is 21.7 Å². The van der Waals surface area contributed by atoms with Gasteiger partial charge in [0.25, 0.3) is 0 Å². The SMILES string of the molecule is Cc1cc(O)c(C(=O)C=Cc2cccc3[nH]ccc23)c(=O)o1. The van der Waals surface area contributed by atoms with Crippen molar-refractivity contribution in [3.8, 4) is 5.75 Å². The number of rotatable bonds is 3. The smallest absolute Gasteiger partial charge is 0.351 e. The first-order valence-corrected chi connectivity index (χ1v) is 6.68. The molecule has 2 heterocycles. The largest absolute Gasteiger partial charge is 0.507 e. The van der Waals surface area contributed by atoms with Crippen LogP contribution in [0.3, 0.4) is 0 Å². The van der Waals surface area contributed by atoms with Crippen LogP contribution in [0.25, 0.3) is 17.0 Å². The molecule has 0 amide bonds. The molecule has 3 rings (SSSR count). The van der Waals surface area contributed by atoms with Crippen LogP contribution < -0.4 is 5.63 Å². The first-order valence-electron chi connectivity index (χ1n) is 6.68. The second-order valence-corrected chi connectivity index (χ2v) is 4.89. The van der Waals surface area contributed by atoms with Crippen LogP contribution in [-0.2, 0) is 0 Å². The van der Waals surface area contributed by atoms with Gasteiger partial charge < -0.3 is 14.5 Å². The number of hydrogen-bond acceptors (Lipinski definition) is 4. The fourth-order valence-corrected chi connectivity index (χ4v) is 2.33. The fraction of sp³-hybridized carbons (Fsp3) is 0.0588. The molecule has 0 atom stereocenters. The minimum Gasteiger partial charge on any atom is -0.507 e. The van der Waals surface area contributed by atoms with E-state index in [4.69, 9.17) is 4.42 Å². The lowest BCUT2D eigenvalue weighted by atomic mass is 10.1. The Balaban J connectivity index is 1.98. The number of aromatic hydroxyl groups is 1. The van der Waals surface area contributed by atoms with Gasteiger partial charge in [0.05, 0.1) is 0 Å². The molecule has 0 saturated carbocycles. The molecule has 0 bridgehead atoms. The summed E-state index contributed by atoms with van der Waals surface area (Å²) in [6, 6.07) is 8.79. The van der Waals surface area contributed by atoms with Gasteiger partial charge in [0, 0.05) is 23.2 Å². The van der Waals surface area contributed by atoms with Crippen molar-refractivity contribution in [2.75, 3.05) is 0 Å². The molecule has 0 unspecified atom stereocenters. The molecule has 0 radical (unpaired) electrons. The highest BCUT2D eigenvalue weighted by Gasteiger charge is 2.15. The summed E-state index contributed by atoms with van der Waals surface area (Å²) in [5.74, 6) is -0.720. The molecule has 0 saturated heterocycles. The van der Waals surface area contributed by atoms with E-state index in [2.05, 4.69) is 4.98 Å². The Morgan fingerprint density at radius 1 is 1.32 bits per heavy atom. The molecule has 2 N–H and O–H groups in total. The normalized spacial score (nSPS) is 11.3. The van der Waals surface area contributed by atoms with Crippen molar-refractivity contribution in [1.29, 1.82) is 0 Å². The minimum absolute atomic E-state index is 0.250. The van der Waals surface area contributed by atoms with Crippen LogP contribution in [0.2, 0.25) is 0 Å². The van der Waals surface area contributed by atoms with Crippen LogP contribution in [0.5, 0.6) is 5.75 Å². The highest BCUT2D eigenvalue weighted by molar-refractivity contribution is 6.09. The van der Waals surface area contributed by atoms with Gasteiger partial charge in [-0.25, -0.2) is 4.79 Å². The zero-order valence-corrected chi connectivity index (χ0v) is 11.8. The maximum atomic E-state index is 12.1. The number of ketones is 1. The third-order valence-electron chi connectivity index (χ3n) is 3.34. The molecule has 3 aromatic rings. The maximum Gasteiger partial charge on any atom is 0.351 e. The lowest BCUT2D eigenvalue weighted by Crippen LogP contribution is -2.12. The van der Waals surface area contributed by atoms with E-state index in [-0.39, 0.29) is 17.1 Å². The third kappa shape index (κ3) is 2.44. The molecule has 2 aromatic heterocycles. The highest BCUT2D eigenvalue weighted by Crippen LogP contribution is 2.20. The van der Waals surface area contributed by atoms with Crippen molar-refractivity contribution in [3.63, 3.8) is 0 Å². The molecule has 110 valence electrons. The van der Waals surface area contributed by atoms with E-state index in [0.717, 1.165) is 16.5 Å². The number of aromatic nitrogens is 1. The predicted octanol–water partition coefficient (Wildman–Crippen LogP) is 3.03. The number of benzene rings is 1. The van der Waals surface area contributed by atoms with Gasteiger partial charge in [-0.05, 0) is 30.7 Å². The number of aromatic amines is 1. The van der Waals surface area contributed by atoms with Gasteiger partial charge in [-0.1, -0.05) is 18.2 Å². The van der Waals surface area contributed by atoms with Crippen LogP contribution >= 0.6 is 0 Å². The quantitative estimate of drug-likeness (QED) is 0.574. The van der Waals surface area contributed by atoms with Crippen molar-refractivity contribution in [1.82, 2.24) is 4.98 Å². The van der Waals surface area contributed by atoms with Crippen LogP contribution in [0.15, 0.2) is 51.8 Å². The van der Waals surface area contributed by atoms with Crippen LogP contribution in [0, 0.1) is 6.92 Å². The Bertz CT molecular complexity index is 947. The number of carbonyl (C=O) groups excluding carboxylic acids is 1. The first kappa shape index (κ1) is 13.9. The van der Waals surface area contributed by atoms with Crippen LogP contribution in [0.4, 0.5) is 0 Å². The summed E-state index contributed by atoms with van der Waals surface area (Å²) >= 11 is 0. The van der Waals surface area contributed by atoms with Crippen molar-refractivity contribution >= 4 is 22.8 Å². The number of nitrogens with one attached hydrogen (secondary N) is 1. The minimum atomic E-state index is -0.841. The summed E-state index contributed by atoms with van der Waals surface area (Å²) in [5.41, 5.74) is 0.588. The Labute approximate surface area is 125 Å². The van der Waals surface area contributed by atoms with E-state index in [1.165, 1.54) is 19.1 Å². The van der Waals surface area contributed by atoms with Gasteiger partial charge in [-0.15, -0.1) is 0 Å². The van der Waals surface area contributed by atoms with Crippen LogP contribution in [-0.4, -0.2) is 15.9 Å². The van der Waals surface area contributed by atoms with Crippen molar-refractivity contribution in [3.05, 3.63) is 69.9 Å². The van der Waals surface area contributed by atoms with E-state index in [1.807, 2.05) is 30.5 Å². The number of fused-ring (bicyclic) bond motifs is 1. The molecule has 0 aliphatic rings. The number of hydrogen-bond donors (Lipinski definition) is 2. The standard InChI is InChI=1S/C17H13NO4/c1-10-9-15(20)16(17(21)22-10)14(19)6-5-11-3-2-4-13-12(11)7-8-18-13/h2-9,18,20H,1H3. The number of aryl methyl sites for hydroxylation is 1. The second kappa shape index (κ2) is 5.37. The first-order chi connectivity index (χ1) is 10.6. The molecule has 0 fully saturated rings. The van der Waals surface area contributed by atoms with Gasteiger partial charge in [0.1, 0.15) is 17.1 Å². The Kier molecular flexibility index (Phi) is 3.39. The zero-order chi connectivity index (χ0) is 15.7. The second-order valence-electron chi connectivity index (χ2n) is 4.89. The molecule has 22 heavy (non-hydrogen) atoms. The van der Waals surface area contributed by atoms with Crippen molar-refractivity contribution < 1.29 is 14.3 Å². The molecule has 5 heteroatoms. The monoisotopic (exact) mass is 295 g/mol. The van der Waals surface area contributed by atoms with Gasteiger partial charge in [0.2, 0.25) is 0 Å². The highest BCUT2D eigenvalue weighted by atomic mass is 16.4. The predicted molar refractivity (Wildman–Crippen MR) is 83.0 cm³/mol. The van der Waals surface area contributed by atoms with E-state index in [1.54, 1.807) is 6.08 Å². The molecular formula is C17H13NO4. The number of carbonyl (C=O) groups is 1. The summed E-state index contributed by atoms with van der Waals surface area (Å²) in [5, 5.41) is 10.7. The summed E-state index contributed by atoms with van der Waals surface area (Å²) < 4.78 is 4.84. The van der Waals surface area contributed by atoms with Gasteiger partial charge in [-0.2, -0.15) is 0 Å². The van der Waals surface area contributed by atoms with E-state index >= 15 is 0 Å². The average Bonchev–Trinajstić information content (AvgIpc) is 2.92. The Morgan fingerprint density at radius 3 is 2.91 bits per heavy atom. The van der Waals surface area contributed by atoms with Gasteiger partial charge in [-0.3, -0.25) is 4.79 Å². The molecule has 5 nitrogen and oxygen atoms in total. The lowest BCUT2D eigenvalue weighted by Gasteiger charge is -2.00. The summed E-state index contributed by atoms with van der Waals surface area (Å²) in [4.78, 5) is 26.9. The van der Waals surface area contributed by atoms with Gasteiger partial charge in [0.15, 0.2) is 5.78 Å². The summed E-state index contributed by atoms with van der Waals surface area (Å²) in [6.07, 6.45) is 4.67.